The maximum atomic E-state index is 5.39. The summed E-state index contributed by atoms with van der Waals surface area (Å²) in [5.74, 6) is 1.12. The van der Waals surface area contributed by atoms with E-state index in [0.717, 1.165) is 45.0 Å². The third kappa shape index (κ3) is 2.58. The third-order valence-corrected chi connectivity index (χ3v) is 2.76. The first-order chi connectivity index (χ1) is 7.42. The second-order valence-corrected chi connectivity index (χ2v) is 3.94. The van der Waals surface area contributed by atoms with Crippen LogP contribution in [0.1, 0.15) is 31.6 Å². The number of nitrogens with one attached hydrogen (secondary N) is 1. The zero-order chi connectivity index (χ0) is 10.5. The number of hydrogen-bond acceptors (Lipinski definition) is 3. The minimum atomic E-state index is 0.492. The average molecular weight is 209 g/mol. The van der Waals surface area contributed by atoms with Crippen molar-refractivity contribution in [3.05, 3.63) is 18.2 Å². The van der Waals surface area contributed by atoms with Crippen molar-refractivity contribution in [2.24, 2.45) is 0 Å². The topological polar surface area (TPSA) is 39.1 Å². The molecule has 1 aromatic rings. The predicted octanol–water partition coefficient (Wildman–Crippen LogP) is 1.34. The number of nitrogens with zero attached hydrogens (tertiary/aromatic N) is 2. The molecule has 0 saturated carbocycles. The van der Waals surface area contributed by atoms with Gasteiger partial charge in [0, 0.05) is 19.0 Å². The Balaban J connectivity index is 1.95. The van der Waals surface area contributed by atoms with E-state index in [1.54, 1.807) is 0 Å². The molecule has 1 atom stereocenters. The van der Waals surface area contributed by atoms with Crippen LogP contribution in [0, 0.1) is 0 Å². The summed E-state index contributed by atoms with van der Waals surface area (Å²) in [5.41, 5.74) is 0. The number of rotatable bonds is 5. The van der Waals surface area contributed by atoms with Gasteiger partial charge in [0.05, 0.1) is 19.2 Å². The Labute approximate surface area is 90.6 Å². The molecule has 1 N–H and O–H groups in total. The standard InChI is InChI=1S/C11H19N3O/c1-2-4-12-8-11-13-5-6-14(11)10-3-7-15-9-10/h5-6,10,12H,2-4,7-9H2,1H3. The largest absolute Gasteiger partial charge is 0.379 e. The molecule has 1 aliphatic heterocycles. The molecule has 1 saturated heterocycles. The van der Waals surface area contributed by atoms with E-state index in [9.17, 15) is 0 Å². The van der Waals surface area contributed by atoms with Gasteiger partial charge in [-0.25, -0.2) is 4.98 Å². The van der Waals surface area contributed by atoms with E-state index in [1.807, 2.05) is 6.20 Å². The van der Waals surface area contributed by atoms with Crippen molar-refractivity contribution in [1.82, 2.24) is 14.9 Å². The molecule has 0 aromatic carbocycles. The van der Waals surface area contributed by atoms with Gasteiger partial charge in [0.2, 0.25) is 0 Å². The summed E-state index contributed by atoms with van der Waals surface area (Å²) in [6.45, 7) is 5.79. The highest BCUT2D eigenvalue weighted by Crippen LogP contribution is 2.19. The second kappa shape index (κ2) is 5.28. The lowest BCUT2D eigenvalue weighted by Gasteiger charge is -2.13. The minimum Gasteiger partial charge on any atom is -0.379 e. The van der Waals surface area contributed by atoms with Crippen molar-refractivity contribution >= 4 is 0 Å². The van der Waals surface area contributed by atoms with Gasteiger partial charge in [-0.05, 0) is 19.4 Å². The van der Waals surface area contributed by atoms with Gasteiger partial charge in [-0.15, -0.1) is 0 Å². The van der Waals surface area contributed by atoms with Crippen LogP contribution in [0.15, 0.2) is 12.4 Å². The predicted molar refractivity (Wildman–Crippen MR) is 58.7 cm³/mol. The normalized spacial score (nSPS) is 21.0. The molecule has 0 spiro atoms. The quantitative estimate of drug-likeness (QED) is 0.744. The average Bonchev–Trinajstić information content (AvgIpc) is 2.87. The first-order valence-corrected chi connectivity index (χ1v) is 5.72. The highest BCUT2D eigenvalue weighted by atomic mass is 16.5. The maximum Gasteiger partial charge on any atom is 0.122 e. The molecule has 1 fully saturated rings. The summed E-state index contributed by atoms with van der Waals surface area (Å²) < 4.78 is 7.64. The molecular weight excluding hydrogens is 190 g/mol. The number of aromatic nitrogens is 2. The van der Waals surface area contributed by atoms with Gasteiger partial charge in [0.1, 0.15) is 5.82 Å². The lowest BCUT2D eigenvalue weighted by molar-refractivity contribution is 0.186. The first-order valence-electron chi connectivity index (χ1n) is 5.72. The molecule has 2 heterocycles. The van der Waals surface area contributed by atoms with Crippen molar-refractivity contribution in [2.45, 2.75) is 32.4 Å². The van der Waals surface area contributed by atoms with Crippen LogP contribution in [0.4, 0.5) is 0 Å². The van der Waals surface area contributed by atoms with Crippen LogP contribution in [0.5, 0.6) is 0 Å². The van der Waals surface area contributed by atoms with E-state index < -0.39 is 0 Å². The molecule has 0 bridgehead atoms. The number of imidazole rings is 1. The van der Waals surface area contributed by atoms with E-state index in [4.69, 9.17) is 4.74 Å². The Bertz CT molecular complexity index is 292. The molecule has 1 aliphatic rings. The lowest BCUT2D eigenvalue weighted by Crippen LogP contribution is -2.20. The van der Waals surface area contributed by atoms with Crippen molar-refractivity contribution in [3.63, 3.8) is 0 Å². The zero-order valence-electron chi connectivity index (χ0n) is 9.28. The minimum absolute atomic E-state index is 0.492. The Morgan fingerprint density at radius 2 is 2.60 bits per heavy atom. The lowest BCUT2D eigenvalue weighted by atomic mass is 10.2. The molecule has 4 nitrogen and oxygen atoms in total. The van der Waals surface area contributed by atoms with Crippen molar-refractivity contribution in [1.29, 1.82) is 0 Å². The fourth-order valence-corrected chi connectivity index (χ4v) is 1.93. The SMILES string of the molecule is CCCNCc1nccn1C1CCOC1. The summed E-state index contributed by atoms with van der Waals surface area (Å²) in [7, 11) is 0. The fourth-order valence-electron chi connectivity index (χ4n) is 1.93. The van der Waals surface area contributed by atoms with Gasteiger partial charge >= 0.3 is 0 Å². The summed E-state index contributed by atoms with van der Waals surface area (Å²) in [5, 5.41) is 3.38. The van der Waals surface area contributed by atoms with Crippen molar-refractivity contribution in [2.75, 3.05) is 19.8 Å². The Morgan fingerprint density at radius 3 is 3.33 bits per heavy atom. The van der Waals surface area contributed by atoms with Gasteiger partial charge in [0.15, 0.2) is 0 Å². The first kappa shape index (κ1) is 10.6. The number of ether oxygens (including phenoxy) is 1. The fraction of sp³-hybridized carbons (Fsp3) is 0.727. The van der Waals surface area contributed by atoms with Gasteiger partial charge < -0.3 is 14.6 Å². The van der Waals surface area contributed by atoms with Gasteiger partial charge in [-0.1, -0.05) is 6.92 Å². The molecule has 84 valence electrons. The molecule has 1 unspecified atom stereocenters. The summed E-state index contributed by atoms with van der Waals surface area (Å²) in [6.07, 6.45) is 6.20. The van der Waals surface area contributed by atoms with Crippen molar-refractivity contribution in [3.8, 4) is 0 Å². The maximum absolute atomic E-state index is 5.39. The molecule has 0 aliphatic carbocycles. The van der Waals surface area contributed by atoms with Crippen LogP contribution >= 0.6 is 0 Å². The molecule has 1 aromatic heterocycles. The molecule has 2 rings (SSSR count). The summed E-state index contributed by atoms with van der Waals surface area (Å²) >= 11 is 0. The third-order valence-electron chi connectivity index (χ3n) is 2.76. The molecule has 0 radical (unpaired) electrons. The monoisotopic (exact) mass is 209 g/mol. The van der Waals surface area contributed by atoms with Crippen LogP contribution in [0.2, 0.25) is 0 Å². The Hall–Kier alpha value is -0.870. The van der Waals surface area contributed by atoms with Gasteiger partial charge in [-0.3, -0.25) is 0 Å². The highest BCUT2D eigenvalue weighted by Gasteiger charge is 2.19. The summed E-state index contributed by atoms with van der Waals surface area (Å²) in [4.78, 5) is 4.38. The summed E-state index contributed by atoms with van der Waals surface area (Å²) in [6, 6.07) is 0.492. The van der Waals surface area contributed by atoms with Gasteiger partial charge in [-0.2, -0.15) is 0 Å². The van der Waals surface area contributed by atoms with E-state index in [1.165, 1.54) is 0 Å². The number of hydrogen-bond donors (Lipinski definition) is 1. The highest BCUT2D eigenvalue weighted by molar-refractivity contribution is 4.96. The second-order valence-electron chi connectivity index (χ2n) is 3.94. The molecule has 0 amide bonds. The van der Waals surface area contributed by atoms with Crippen LogP contribution in [0.25, 0.3) is 0 Å². The molecule has 15 heavy (non-hydrogen) atoms. The molecular formula is C11H19N3O. The Morgan fingerprint density at radius 1 is 1.67 bits per heavy atom. The smallest absolute Gasteiger partial charge is 0.122 e. The zero-order valence-corrected chi connectivity index (χ0v) is 9.28. The van der Waals surface area contributed by atoms with E-state index in [-0.39, 0.29) is 0 Å². The van der Waals surface area contributed by atoms with Crippen LogP contribution in [0.3, 0.4) is 0 Å². The van der Waals surface area contributed by atoms with Crippen LogP contribution in [-0.4, -0.2) is 29.3 Å². The van der Waals surface area contributed by atoms with Crippen molar-refractivity contribution < 1.29 is 4.74 Å². The van der Waals surface area contributed by atoms with E-state index in [0.29, 0.717) is 6.04 Å². The van der Waals surface area contributed by atoms with Crippen LogP contribution in [-0.2, 0) is 11.3 Å². The van der Waals surface area contributed by atoms with E-state index >= 15 is 0 Å². The molecule has 4 heteroatoms. The van der Waals surface area contributed by atoms with Crippen LogP contribution < -0.4 is 5.32 Å². The van der Waals surface area contributed by atoms with E-state index in [2.05, 4.69) is 28.0 Å². The van der Waals surface area contributed by atoms with Gasteiger partial charge in [0.25, 0.3) is 0 Å². The Kier molecular flexibility index (Phi) is 3.75.